The number of hydrogen-bond donors (Lipinski definition) is 0. The van der Waals surface area contributed by atoms with Crippen molar-refractivity contribution in [3.8, 4) is 0 Å². The van der Waals surface area contributed by atoms with Gasteiger partial charge in [0.15, 0.2) is 0 Å². The fourth-order valence-electron chi connectivity index (χ4n) is 1.73. The second-order valence-corrected chi connectivity index (χ2v) is 5.15. The van der Waals surface area contributed by atoms with Crippen LogP contribution >= 0.6 is 11.8 Å². The molecule has 0 amide bonds. The van der Waals surface area contributed by atoms with Crippen LogP contribution < -0.4 is 0 Å². The Morgan fingerprint density at radius 2 is 1.63 bits per heavy atom. The fourth-order valence-corrected chi connectivity index (χ4v) is 2.78. The van der Waals surface area contributed by atoms with E-state index in [1.54, 1.807) is 0 Å². The molecule has 0 radical (unpaired) electrons. The third kappa shape index (κ3) is 3.86. The Hall–Kier alpha value is -1.74. The van der Waals surface area contributed by atoms with E-state index in [4.69, 9.17) is 4.74 Å². The third-order valence-electron chi connectivity index (χ3n) is 2.60. The van der Waals surface area contributed by atoms with Crippen molar-refractivity contribution < 1.29 is 9.53 Å². The van der Waals surface area contributed by atoms with E-state index in [-0.39, 0.29) is 11.2 Å². The first kappa shape index (κ1) is 13.7. The molecule has 2 aromatic carbocycles. The normalized spacial score (nSPS) is 11.8. The zero-order valence-corrected chi connectivity index (χ0v) is 11.6. The Kier molecular flexibility index (Phi) is 5.04. The highest BCUT2D eigenvalue weighted by Gasteiger charge is 2.22. The molecule has 0 spiro atoms. The van der Waals surface area contributed by atoms with E-state index in [0.29, 0.717) is 6.61 Å². The Morgan fingerprint density at radius 3 is 2.21 bits per heavy atom. The van der Waals surface area contributed by atoms with Crippen molar-refractivity contribution >= 4 is 17.7 Å². The van der Waals surface area contributed by atoms with Crippen LogP contribution in [0.4, 0.5) is 0 Å². The number of benzene rings is 2. The summed E-state index contributed by atoms with van der Waals surface area (Å²) >= 11 is 1.52. The van der Waals surface area contributed by atoms with E-state index in [9.17, 15) is 4.79 Å². The highest BCUT2D eigenvalue weighted by Crippen LogP contribution is 2.35. The molecular formula is C16H16O2S. The topological polar surface area (TPSA) is 26.3 Å². The van der Waals surface area contributed by atoms with Gasteiger partial charge in [0.1, 0.15) is 5.25 Å². The van der Waals surface area contributed by atoms with Crippen molar-refractivity contribution in [2.24, 2.45) is 0 Å². The minimum Gasteiger partial charge on any atom is -0.465 e. The van der Waals surface area contributed by atoms with Crippen molar-refractivity contribution in [1.29, 1.82) is 0 Å². The van der Waals surface area contributed by atoms with Crippen molar-refractivity contribution in [1.82, 2.24) is 0 Å². The lowest BCUT2D eigenvalue weighted by Gasteiger charge is -2.15. The first-order valence-electron chi connectivity index (χ1n) is 6.24. The second kappa shape index (κ2) is 7.00. The predicted molar refractivity (Wildman–Crippen MR) is 78.1 cm³/mol. The fraction of sp³-hybridized carbons (Fsp3) is 0.188. The van der Waals surface area contributed by atoms with Gasteiger partial charge in [0.2, 0.25) is 0 Å². The van der Waals surface area contributed by atoms with Gasteiger partial charge in [0.05, 0.1) is 6.61 Å². The molecule has 2 rings (SSSR count). The van der Waals surface area contributed by atoms with Crippen LogP contribution in [-0.4, -0.2) is 12.6 Å². The van der Waals surface area contributed by atoms with Gasteiger partial charge in [0.25, 0.3) is 0 Å². The summed E-state index contributed by atoms with van der Waals surface area (Å²) in [5.41, 5.74) is 0.967. The van der Waals surface area contributed by atoms with Gasteiger partial charge < -0.3 is 4.74 Å². The van der Waals surface area contributed by atoms with E-state index in [2.05, 4.69) is 0 Å². The second-order valence-electron chi connectivity index (χ2n) is 3.97. The molecule has 0 unspecified atom stereocenters. The van der Waals surface area contributed by atoms with Gasteiger partial charge >= 0.3 is 5.97 Å². The number of esters is 1. The van der Waals surface area contributed by atoms with Crippen LogP contribution in [0.5, 0.6) is 0 Å². The lowest BCUT2D eigenvalue weighted by atomic mass is 10.1. The Bertz CT molecular complexity index is 511. The minimum absolute atomic E-state index is 0.192. The largest absolute Gasteiger partial charge is 0.465 e. The number of carbonyl (C=O) groups excluding carboxylic acids is 1. The van der Waals surface area contributed by atoms with Crippen LogP contribution in [0.2, 0.25) is 0 Å². The average molecular weight is 272 g/mol. The van der Waals surface area contributed by atoms with Crippen molar-refractivity contribution in [2.75, 3.05) is 6.61 Å². The maximum Gasteiger partial charge on any atom is 0.323 e. The molecule has 0 saturated carbocycles. The molecule has 0 heterocycles. The third-order valence-corrected chi connectivity index (χ3v) is 3.84. The molecule has 0 aromatic heterocycles. The van der Waals surface area contributed by atoms with Crippen LogP contribution in [0, 0.1) is 0 Å². The summed E-state index contributed by atoms with van der Waals surface area (Å²) < 4.78 is 5.17. The number of thioether (sulfide) groups is 1. The van der Waals surface area contributed by atoms with Gasteiger partial charge in [-0.3, -0.25) is 4.79 Å². The summed E-state index contributed by atoms with van der Waals surface area (Å²) in [7, 11) is 0. The van der Waals surface area contributed by atoms with Crippen LogP contribution in [0.1, 0.15) is 17.7 Å². The molecular weight excluding hydrogens is 256 g/mol. The molecule has 19 heavy (non-hydrogen) atoms. The van der Waals surface area contributed by atoms with Crippen molar-refractivity contribution in [3.05, 3.63) is 66.2 Å². The highest BCUT2D eigenvalue weighted by atomic mass is 32.2. The van der Waals surface area contributed by atoms with Crippen molar-refractivity contribution in [3.63, 3.8) is 0 Å². The lowest BCUT2D eigenvalue weighted by molar-refractivity contribution is -0.142. The van der Waals surface area contributed by atoms with Crippen LogP contribution in [0.3, 0.4) is 0 Å². The Labute approximate surface area is 117 Å². The number of carbonyl (C=O) groups is 1. The zero-order chi connectivity index (χ0) is 13.5. The Morgan fingerprint density at radius 1 is 1.05 bits per heavy atom. The molecule has 2 nitrogen and oxygen atoms in total. The van der Waals surface area contributed by atoms with E-state index in [1.165, 1.54) is 11.8 Å². The monoisotopic (exact) mass is 272 g/mol. The van der Waals surface area contributed by atoms with Gasteiger partial charge in [0, 0.05) is 4.90 Å². The highest BCUT2D eigenvalue weighted by molar-refractivity contribution is 8.00. The molecule has 0 aliphatic carbocycles. The summed E-state index contributed by atoms with van der Waals surface area (Å²) in [5, 5.41) is -0.316. The molecule has 0 N–H and O–H groups in total. The number of rotatable bonds is 5. The van der Waals surface area contributed by atoms with Crippen LogP contribution in [-0.2, 0) is 9.53 Å². The minimum atomic E-state index is -0.316. The maximum atomic E-state index is 12.1. The van der Waals surface area contributed by atoms with E-state index in [0.717, 1.165) is 10.5 Å². The van der Waals surface area contributed by atoms with Gasteiger partial charge in [-0.05, 0) is 24.6 Å². The SMILES string of the molecule is CCOC(=O)[C@H](Sc1ccccc1)c1ccccc1. The standard InChI is InChI=1S/C16H16O2S/c1-2-18-16(17)15(13-9-5-3-6-10-13)19-14-11-7-4-8-12-14/h3-12,15H,2H2,1H3/t15-/m1/s1. The molecule has 1 atom stereocenters. The van der Waals surface area contributed by atoms with Gasteiger partial charge in [-0.1, -0.05) is 48.5 Å². The predicted octanol–water partition coefficient (Wildman–Crippen LogP) is 4.08. The number of hydrogen-bond acceptors (Lipinski definition) is 3. The molecule has 2 aromatic rings. The quantitative estimate of drug-likeness (QED) is 0.606. The molecule has 98 valence electrons. The molecule has 0 aliphatic rings. The average Bonchev–Trinajstić information content (AvgIpc) is 2.47. The zero-order valence-electron chi connectivity index (χ0n) is 10.8. The molecule has 0 fully saturated rings. The Balaban J connectivity index is 2.22. The number of ether oxygens (including phenoxy) is 1. The van der Waals surface area contributed by atoms with Crippen LogP contribution in [0.15, 0.2) is 65.6 Å². The summed E-state index contributed by atoms with van der Waals surface area (Å²) in [5.74, 6) is -0.192. The first-order valence-corrected chi connectivity index (χ1v) is 7.12. The summed E-state index contributed by atoms with van der Waals surface area (Å²) in [4.78, 5) is 13.2. The van der Waals surface area contributed by atoms with Gasteiger partial charge in [-0.25, -0.2) is 0 Å². The lowest BCUT2D eigenvalue weighted by Crippen LogP contribution is -2.13. The van der Waals surface area contributed by atoms with E-state index < -0.39 is 0 Å². The molecule has 3 heteroatoms. The smallest absolute Gasteiger partial charge is 0.323 e. The maximum absolute atomic E-state index is 12.1. The summed E-state index contributed by atoms with van der Waals surface area (Å²) in [6.07, 6.45) is 0. The molecule has 0 aliphatic heterocycles. The molecule has 0 saturated heterocycles. The first-order chi connectivity index (χ1) is 9.31. The van der Waals surface area contributed by atoms with E-state index >= 15 is 0 Å². The summed E-state index contributed by atoms with van der Waals surface area (Å²) in [6.45, 7) is 2.23. The van der Waals surface area contributed by atoms with E-state index in [1.807, 2.05) is 67.6 Å². The van der Waals surface area contributed by atoms with Crippen molar-refractivity contribution in [2.45, 2.75) is 17.1 Å². The molecule has 0 bridgehead atoms. The van der Waals surface area contributed by atoms with Crippen LogP contribution in [0.25, 0.3) is 0 Å². The van der Waals surface area contributed by atoms with Gasteiger partial charge in [-0.15, -0.1) is 11.8 Å². The van der Waals surface area contributed by atoms with Gasteiger partial charge in [-0.2, -0.15) is 0 Å². The summed E-state index contributed by atoms with van der Waals surface area (Å²) in [6, 6.07) is 19.6.